The molecular weight excluding hydrogens is 329 g/mol. The lowest BCUT2D eigenvalue weighted by Gasteiger charge is -2.23. The molecule has 0 bridgehead atoms. The van der Waals surface area contributed by atoms with Gasteiger partial charge in [-0.2, -0.15) is 0 Å². The van der Waals surface area contributed by atoms with E-state index in [9.17, 15) is 9.18 Å². The molecule has 1 heterocycles. The van der Waals surface area contributed by atoms with Crippen LogP contribution in [0.15, 0.2) is 33.9 Å². The quantitative estimate of drug-likeness (QED) is 0.832. The Morgan fingerprint density at radius 2 is 2.04 bits per heavy atom. The number of carbonyl (C=O) groups is 1. The molecule has 3 rings (SSSR count). The van der Waals surface area contributed by atoms with Crippen LogP contribution in [0.4, 0.5) is 4.39 Å². The maximum Gasteiger partial charge on any atom is 0.277 e. The molecule has 1 aliphatic rings. The molecule has 0 aliphatic heterocycles. The largest absolute Gasteiger partial charge is 0.411 e. The first-order valence-corrected chi connectivity index (χ1v) is 9.07. The van der Waals surface area contributed by atoms with E-state index >= 15 is 0 Å². The predicted octanol–water partition coefficient (Wildman–Crippen LogP) is 3.81. The lowest BCUT2D eigenvalue weighted by atomic mass is 9.95. The van der Waals surface area contributed by atoms with Crippen molar-refractivity contribution in [2.75, 3.05) is 0 Å². The molecule has 1 aromatic heterocycles. The van der Waals surface area contributed by atoms with Gasteiger partial charge in [0.1, 0.15) is 5.82 Å². The summed E-state index contributed by atoms with van der Waals surface area (Å²) in [5, 5.41) is 10.8. The average Bonchev–Trinajstić information content (AvgIpc) is 3.04. The summed E-state index contributed by atoms with van der Waals surface area (Å²) in [5.74, 6) is -0.325. The van der Waals surface area contributed by atoms with Gasteiger partial charge in [-0.3, -0.25) is 4.79 Å². The number of hydrogen-bond acceptors (Lipinski definition) is 5. The number of benzene rings is 1. The predicted molar refractivity (Wildman–Crippen MR) is 90.0 cm³/mol. The lowest BCUT2D eigenvalue weighted by Crippen LogP contribution is -2.40. The van der Waals surface area contributed by atoms with E-state index in [4.69, 9.17) is 4.42 Å². The van der Waals surface area contributed by atoms with Crippen LogP contribution in [0.25, 0.3) is 11.5 Å². The maximum absolute atomic E-state index is 13.7. The fourth-order valence-corrected chi connectivity index (χ4v) is 3.46. The molecule has 1 fully saturated rings. The van der Waals surface area contributed by atoms with E-state index in [-0.39, 0.29) is 33.9 Å². The first-order valence-electron chi connectivity index (χ1n) is 8.19. The maximum atomic E-state index is 13.7. The molecule has 2 aromatic rings. The Balaban J connectivity index is 1.59. The minimum atomic E-state index is -0.416. The monoisotopic (exact) mass is 349 g/mol. The summed E-state index contributed by atoms with van der Waals surface area (Å²) in [6, 6.07) is 6.49. The van der Waals surface area contributed by atoms with Gasteiger partial charge in [0.2, 0.25) is 5.91 Å². The van der Waals surface area contributed by atoms with Crippen molar-refractivity contribution in [2.24, 2.45) is 0 Å². The third-order valence-corrected chi connectivity index (χ3v) is 5.04. The Bertz CT molecular complexity index is 701. The summed E-state index contributed by atoms with van der Waals surface area (Å²) in [4.78, 5) is 12.3. The van der Waals surface area contributed by atoms with Gasteiger partial charge in [-0.05, 0) is 31.9 Å². The van der Waals surface area contributed by atoms with Gasteiger partial charge in [-0.1, -0.05) is 43.2 Å². The van der Waals surface area contributed by atoms with Gasteiger partial charge in [-0.15, -0.1) is 10.2 Å². The van der Waals surface area contributed by atoms with Crippen molar-refractivity contribution in [1.29, 1.82) is 0 Å². The summed E-state index contributed by atoms with van der Waals surface area (Å²) in [6.45, 7) is 1.80. The molecule has 5 nitrogen and oxygen atoms in total. The Kier molecular flexibility index (Phi) is 5.50. The van der Waals surface area contributed by atoms with E-state index in [1.807, 2.05) is 0 Å². The van der Waals surface area contributed by atoms with Crippen LogP contribution in [0.3, 0.4) is 0 Å². The molecule has 128 valence electrons. The normalized spacial score (nSPS) is 16.8. The molecule has 24 heavy (non-hydrogen) atoms. The highest BCUT2D eigenvalue weighted by Crippen LogP contribution is 2.27. The summed E-state index contributed by atoms with van der Waals surface area (Å²) in [5.41, 5.74) is 0.260. The molecular formula is C17H20FN3O2S. The molecule has 0 spiro atoms. The van der Waals surface area contributed by atoms with E-state index in [1.54, 1.807) is 25.1 Å². The molecule has 7 heteroatoms. The number of rotatable bonds is 5. The Labute approximate surface area is 144 Å². The number of hydrogen-bond donors (Lipinski definition) is 1. The van der Waals surface area contributed by atoms with E-state index < -0.39 is 5.82 Å². The van der Waals surface area contributed by atoms with E-state index in [0.29, 0.717) is 0 Å². The molecule has 1 aliphatic carbocycles. The van der Waals surface area contributed by atoms with E-state index in [1.165, 1.54) is 37.1 Å². The zero-order valence-electron chi connectivity index (χ0n) is 13.5. The number of amides is 1. The number of aromatic nitrogens is 2. The average molecular weight is 349 g/mol. The first kappa shape index (κ1) is 17.0. The van der Waals surface area contributed by atoms with Crippen molar-refractivity contribution < 1.29 is 13.6 Å². The van der Waals surface area contributed by atoms with Crippen LogP contribution in [0, 0.1) is 5.82 Å². The SMILES string of the molecule is C[C@@H](Sc1nnc(-c2ccccc2F)o1)C(=O)NC1CCCCC1. The lowest BCUT2D eigenvalue weighted by molar-refractivity contribution is -0.121. The number of thioether (sulfide) groups is 1. The molecule has 1 amide bonds. The van der Waals surface area contributed by atoms with Crippen LogP contribution in [0.5, 0.6) is 0 Å². The second-order valence-corrected chi connectivity index (χ2v) is 7.25. The van der Waals surface area contributed by atoms with Gasteiger partial charge in [0.25, 0.3) is 11.1 Å². The highest BCUT2D eigenvalue weighted by Gasteiger charge is 2.22. The van der Waals surface area contributed by atoms with Crippen molar-refractivity contribution in [3.8, 4) is 11.5 Å². The van der Waals surface area contributed by atoms with E-state index in [0.717, 1.165) is 12.8 Å². The summed E-state index contributed by atoms with van der Waals surface area (Å²) < 4.78 is 19.2. The van der Waals surface area contributed by atoms with E-state index in [2.05, 4.69) is 15.5 Å². The fraction of sp³-hybridized carbons (Fsp3) is 0.471. The number of nitrogens with one attached hydrogen (secondary N) is 1. The van der Waals surface area contributed by atoms with Crippen molar-refractivity contribution in [3.05, 3.63) is 30.1 Å². The number of carbonyl (C=O) groups excluding carboxylic acids is 1. The standard InChI is InChI=1S/C17H20FN3O2S/c1-11(15(22)19-12-7-3-2-4-8-12)24-17-21-20-16(23-17)13-9-5-6-10-14(13)18/h5-6,9-12H,2-4,7-8H2,1H3,(H,19,22)/t11-/m1/s1. The molecule has 1 N–H and O–H groups in total. The van der Waals surface area contributed by atoms with Crippen molar-refractivity contribution >= 4 is 17.7 Å². The zero-order valence-corrected chi connectivity index (χ0v) is 14.3. The molecule has 1 aromatic carbocycles. The van der Waals surface area contributed by atoms with Gasteiger partial charge in [0.05, 0.1) is 10.8 Å². The topological polar surface area (TPSA) is 68.0 Å². The molecule has 0 radical (unpaired) electrons. The zero-order chi connectivity index (χ0) is 16.9. The molecule has 0 saturated heterocycles. The van der Waals surface area contributed by atoms with Crippen molar-refractivity contribution in [1.82, 2.24) is 15.5 Å². The number of nitrogens with zero attached hydrogens (tertiary/aromatic N) is 2. The van der Waals surface area contributed by atoms with Gasteiger partial charge < -0.3 is 9.73 Å². The van der Waals surface area contributed by atoms with Gasteiger partial charge >= 0.3 is 0 Å². The Morgan fingerprint density at radius 3 is 2.79 bits per heavy atom. The van der Waals surface area contributed by atoms with Gasteiger partial charge in [0, 0.05) is 6.04 Å². The van der Waals surface area contributed by atoms with Crippen molar-refractivity contribution in [2.45, 2.75) is 55.5 Å². The second-order valence-electron chi connectivity index (χ2n) is 5.96. The van der Waals surface area contributed by atoms with Gasteiger partial charge in [-0.25, -0.2) is 4.39 Å². The van der Waals surface area contributed by atoms with Crippen LogP contribution in [-0.4, -0.2) is 27.4 Å². The van der Waals surface area contributed by atoms with Crippen LogP contribution in [-0.2, 0) is 4.79 Å². The highest BCUT2D eigenvalue weighted by molar-refractivity contribution is 8.00. The third kappa shape index (κ3) is 4.14. The minimum absolute atomic E-state index is 0.0301. The van der Waals surface area contributed by atoms with Crippen LogP contribution < -0.4 is 5.32 Å². The summed E-state index contributed by atoms with van der Waals surface area (Å²) in [6.07, 6.45) is 5.67. The fourth-order valence-electron chi connectivity index (χ4n) is 2.77. The van der Waals surface area contributed by atoms with Crippen LogP contribution in [0.1, 0.15) is 39.0 Å². The van der Waals surface area contributed by atoms with Gasteiger partial charge in [0.15, 0.2) is 0 Å². The van der Waals surface area contributed by atoms with Crippen LogP contribution >= 0.6 is 11.8 Å². The van der Waals surface area contributed by atoms with Crippen LogP contribution in [0.2, 0.25) is 0 Å². The highest BCUT2D eigenvalue weighted by atomic mass is 32.2. The Hall–Kier alpha value is -1.89. The third-order valence-electron chi connectivity index (χ3n) is 4.11. The molecule has 1 saturated carbocycles. The second kappa shape index (κ2) is 7.79. The van der Waals surface area contributed by atoms with Crippen molar-refractivity contribution in [3.63, 3.8) is 0 Å². The first-order chi connectivity index (χ1) is 11.6. The Morgan fingerprint density at radius 1 is 1.29 bits per heavy atom. The summed E-state index contributed by atoms with van der Waals surface area (Å²) in [7, 11) is 0. The smallest absolute Gasteiger partial charge is 0.277 e. The molecule has 0 unspecified atom stereocenters. The number of halogens is 1. The minimum Gasteiger partial charge on any atom is -0.411 e. The summed E-state index contributed by atoms with van der Waals surface area (Å²) >= 11 is 1.19. The molecule has 1 atom stereocenters.